The van der Waals surface area contributed by atoms with E-state index in [0.717, 1.165) is 0 Å². The van der Waals surface area contributed by atoms with Crippen LogP contribution in [-0.2, 0) is 0 Å². The molecule has 1 fully saturated rings. The lowest BCUT2D eigenvalue weighted by atomic mass is 9.97. The number of hydrogen-bond acceptors (Lipinski definition) is 4. The Morgan fingerprint density at radius 2 is 2.05 bits per heavy atom. The molecule has 0 aromatic carbocycles. The van der Waals surface area contributed by atoms with Gasteiger partial charge in [0.1, 0.15) is 5.82 Å². The summed E-state index contributed by atoms with van der Waals surface area (Å²) >= 11 is 0. The van der Waals surface area contributed by atoms with Gasteiger partial charge in [0, 0.05) is 13.1 Å². The van der Waals surface area contributed by atoms with E-state index < -0.39 is 12.1 Å². The van der Waals surface area contributed by atoms with Crippen LogP contribution in [0.15, 0.2) is 12.1 Å². The van der Waals surface area contributed by atoms with E-state index in [2.05, 4.69) is 15.3 Å². The summed E-state index contributed by atoms with van der Waals surface area (Å²) in [5.74, 6) is -0.128. The van der Waals surface area contributed by atoms with Gasteiger partial charge >= 0.3 is 6.18 Å². The minimum atomic E-state index is -4.14. The molecule has 0 N–H and O–H groups in total. The fraction of sp³-hybridized carbons (Fsp3) is 0.583. The van der Waals surface area contributed by atoms with Gasteiger partial charge in [-0.05, 0) is 31.9 Å². The smallest absolute Gasteiger partial charge is 0.355 e. The Bertz CT molecular complexity index is 621. The predicted molar refractivity (Wildman–Crippen MR) is 66.5 cm³/mol. The molecule has 108 valence electrons. The molecule has 0 spiro atoms. The van der Waals surface area contributed by atoms with E-state index in [4.69, 9.17) is 0 Å². The standard InChI is InChI=1S/C12H14F3N5/c1-8-16-17-10-4-5-11(18-20(8)10)19-6-2-3-9(7-19)12(13,14)15/h4-5,9H,2-3,6-7H2,1H3/t9-/m1/s1. The molecule has 0 unspecified atom stereocenters. The number of rotatable bonds is 1. The lowest BCUT2D eigenvalue weighted by Crippen LogP contribution is -2.42. The molecule has 0 aliphatic carbocycles. The minimum absolute atomic E-state index is 0.0385. The number of piperidine rings is 1. The van der Waals surface area contributed by atoms with Crippen LogP contribution in [0.3, 0.4) is 0 Å². The molecule has 0 bridgehead atoms. The summed E-state index contributed by atoms with van der Waals surface area (Å²) in [6, 6.07) is 3.42. The number of hydrogen-bond donors (Lipinski definition) is 0. The molecule has 2 aromatic heterocycles. The largest absolute Gasteiger partial charge is 0.393 e. The average Bonchev–Trinajstić information content (AvgIpc) is 2.79. The average molecular weight is 285 g/mol. The zero-order chi connectivity index (χ0) is 14.3. The molecule has 20 heavy (non-hydrogen) atoms. The van der Waals surface area contributed by atoms with Crippen LogP contribution in [0, 0.1) is 12.8 Å². The fourth-order valence-corrected chi connectivity index (χ4v) is 2.51. The zero-order valence-electron chi connectivity index (χ0n) is 10.9. The second-order valence-electron chi connectivity index (χ2n) is 5.04. The summed E-state index contributed by atoms with van der Waals surface area (Å²) in [6.07, 6.45) is -3.44. The summed E-state index contributed by atoms with van der Waals surface area (Å²) < 4.78 is 40.0. The summed E-state index contributed by atoms with van der Waals surface area (Å²) in [4.78, 5) is 1.68. The van der Waals surface area contributed by atoms with Crippen molar-refractivity contribution in [2.45, 2.75) is 25.9 Å². The molecule has 0 radical (unpaired) electrons. The Labute approximate surface area is 113 Å². The van der Waals surface area contributed by atoms with Crippen molar-refractivity contribution in [3.05, 3.63) is 18.0 Å². The monoisotopic (exact) mass is 285 g/mol. The molecular formula is C12H14F3N5. The van der Waals surface area contributed by atoms with Crippen LogP contribution in [-0.4, -0.2) is 39.1 Å². The third-order valence-corrected chi connectivity index (χ3v) is 3.61. The summed E-state index contributed by atoms with van der Waals surface area (Å²) in [5, 5.41) is 12.1. The maximum atomic E-state index is 12.8. The first-order chi connectivity index (χ1) is 9.45. The maximum Gasteiger partial charge on any atom is 0.393 e. The third kappa shape index (κ3) is 2.30. The highest BCUT2D eigenvalue weighted by Gasteiger charge is 2.42. The molecule has 1 aliphatic heterocycles. The van der Waals surface area contributed by atoms with Crippen molar-refractivity contribution < 1.29 is 13.2 Å². The number of nitrogens with zero attached hydrogens (tertiary/aromatic N) is 5. The lowest BCUT2D eigenvalue weighted by molar-refractivity contribution is -0.176. The predicted octanol–water partition coefficient (Wildman–Crippen LogP) is 2.21. The van der Waals surface area contributed by atoms with Gasteiger partial charge in [-0.3, -0.25) is 0 Å². The number of aryl methyl sites for hydroxylation is 1. The van der Waals surface area contributed by atoms with E-state index in [1.54, 1.807) is 28.5 Å². The highest BCUT2D eigenvalue weighted by atomic mass is 19.4. The molecule has 3 heterocycles. The van der Waals surface area contributed by atoms with E-state index in [1.807, 2.05) is 0 Å². The first-order valence-corrected chi connectivity index (χ1v) is 6.46. The van der Waals surface area contributed by atoms with E-state index in [1.165, 1.54) is 0 Å². The van der Waals surface area contributed by atoms with Gasteiger partial charge < -0.3 is 4.90 Å². The Balaban J connectivity index is 1.88. The summed E-state index contributed by atoms with van der Waals surface area (Å²) in [7, 11) is 0. The molecule has 3 rings (SSSR count). The van der Waals surface area contributed by atoms with E-state index in [0.29, 0.717) is 30.3 Å². The molecule has 5 nitrogen and oxygen atoms in total. The summed E-state index contributed by atoms with van der Waals surface area (Å²) in [5.41, 5.74) is 0.593. The Kier molecular flexibility index (Phi) is 3.02. The van der Waals surface area contributed by atoms with E-state index >= 15 is 0 Å². The fourth-order valence-electron chi connectivity index (χ4n) is 2.51. The molecular weight excluding hydrogens is 271 g/mol. The molecule has 2 aromatic rings. The van der Waals surface area contributed by atoms with Crippen LogP contribution < -0.4 is 4.90 Å². The molecule has 1 atom stereocenters. The molecule has 8 heteroatoms. The van der Waals surface area contributed by atoms with Crippen LogP contribution in [0.4, 0.5) is 19.0 Å². The SMILES string of the molecule is Cc1nnc2ccc(N3CCC[C@@H](C(F)(F)F)C3)nn12. The first-order valence-electron chi connectivity index (χ1n) is 6.46. The van der Waals surface area contributed by atoms with E-state index in [-0.39, 0.29) is 13.0 Å². The quantitative estimate of drug-likeness (QED) is 0.806. The Morgan fingerprint density at radius 3 is 2.80 bits per heavy atom. The second kappa shape index (κ2) is 4.60. The van der Waals surface area contributed by atoms with Crippen LogP contribution in [0.25, 0.3) is 5.65 Å². The second-order valence-corrected chi connectivity index (χ2v) is 5.04. The number of aromatic nitrogens is 4. The van der Waals surface area contributed by atoms with Crippen molar-refractivity contribution >= 4 is 11.5 Å². The van der Waals surface area contributed by atoms with Crippen LogP contribution in [0.2, 0.25) is 0 Å². The van der Waals surface area contributed by atoms with E-state index in [9.17, 15) is 13.2 Å². The molecule has 1 aliphatic rings. The topological polar surface area (TPSA) is 46.3 Å². The number of alkyl halides is 3. The molecule has 1 saturated heterocycles. The highest BCUT2D eigenvalue weighted by Crippen LogP contribution is 2.34. The van der Waals surface area contributed by atoms with Crippen molar-refractivity contribution in [2.24, 2.45) is 5.92 Å². The lowest BCUT2D eigenvalue weighted by Gasteiger charge is -2.34. The van der Waals surface area contributed by atoms with Gasteiger partial charge in [0.15, 0.2) is 11.5 Å². The van der Waals surface area contributed by atoms with Crippen LogP contribution in [0.1, 0.15) is 18.7 Å². The van der Waals surface area contributed by atoms with Gasteiger partial charge in [0.2, 0.25) is 0 Å². The number of halogens is 3. The normalized spacial score (nSPS) is 20.6. The number of anilines is 1. The van der Waals surface area contributed by atoms with Crippen molar-refractivity contribution in [1.82, 2.24) is 19.8 Å². The van der Waals surface area contributed by atoms with Crippen LogP contribution >= 0.6 is 0 Å². The highest BCUT2D eigenvalue weighted by molar-refractivity contribution is 5.46. The van der Waals surface area contributed by atoms with Crippen molar-refractivity contribution in [3.8, 4) is 0 Å². The van der Waals surface area contributed by atoms with Gasteiger partial charge in [0.05, 0.1) is 5.92 Å². The Morgan fingerprint density at radius 1 is 1.25 bits per heavy atom. The maximum absolute atomic E-state index is 12.8. The minimum Gasteiger partial charge on any atom is -0.355 e. The van der Waals surface area contributed by atoms with Gasteiger partial charge in [-0.1, -0.05) is 0 Å². The van der Waals surface area contributed by atoms with Crippen molar-refractivity contribution in [1.29, 1.82) is 0 Å². The Hall–Kier alpha value is -1.86. The van der Waals surface area contributed by atoms with Crippen molar-refractivity contribution in [3.63, 3.8) is 0 Å². The number of fused-ring (bicyclic) bond motifs is 1. The summed E-state index contributed by atoms with van der Waals surface area (Å²) in [6.45, 7) is 2.31. The van der Waals surface area contributed by atoms with Crippen molar-refractivity contribution in [2.75, 3.05) is 18.0 Å². The molecule has 0 saturated carbocycles. The van der Waals surface area contributed by atoms with Gasteiger partial charge in [0.25, 0.3) is 0 Å². The molecule has 0 amide bonds. The third-order valence-electron chi connectivity index (χ3n) is 3.61. The first kappa shape index (κ1) is 13.1. The van der Waals surface area contributed by atoms with Gasteiger partial charge in [-0.2, -0.15) is 17.7 Å². The van der Waals surface area contributed by atoms with Gasteiger partial charge in [-0.15, -0.1) is 15.3 Å². The van der Waals surface area contributed by atoms with Gasteiger partial charge in [-0.25, -0.2) is 0 Å². The van der Waals surface area contributed by atoms with Crippen LogP contribution in [0.5, 0.6) is 0 Å². The zero-order valence-corrected chi connectivity index (χ0v) is 10.9.